The number of hydrogen-bond acceptors (Lipinski definition) is 4. The normalized spacial score (nSPS) is 10.5. The molecule has 5 nitrogen and oxygen atoms in total. The number of nitrogens with zero attached hydrogens (tertiary/aromatic N) is 4. The molecule has 88 valence electrons. The maximum Gasteiger partial charge on any atom is 0.206 e. The van der Waals surface area contributed by atoms with Gasteiger partial charge in [-0.3, -0.25) is 9.48 Å². The lowest BCUT2D eigenvalue weighted by Gasteiger charge is -2.01. The number of halogens is 1. The van der Waals surface area contributed by atoms with Gasteiger partial charge in [0, 0.05) is 19.4 Å². The lowest BCUT2D eigenvalue weighted by Crippen LogP contribution is -2.11. The molecule has 6 heteroatoms. The van der Waals surface area contributed by atoms with Gasteiger partial charge in [0.1, 0.15) is 0 Å². The summed E-state index contributed by atoms with van der Waals surface area (Å²) >= 11 is 6.07. The second-order valence-corrected chi connectivity index (χ2v) is 4.02. The third kappa shape index (κ3) is 2.34. The molecular formula is C11H11ClN4O. The Hall–Kier alpha value is -1.75. The highest BCUT2D eigenvalue weighted by Crippen LogP contribution is 2.20. The average Bonchev–Trinajstić information content (AvgIpc) is 2.57. The molecule has 2 rings (SSSR count). The van der Waals surface area contributed by atoms with E-state index in [9.17, 15) is 4.79 Å². The number of carbonyl (C=O) groups excluding carboxylic acids is 1. The molecule has 2 aromatic rings. The topological polar surface area (TPSA) is 60.7 Å². The number of carbonyl (C=O) groups is 1. The van der Waals surface area contributed by atoms with Gasteiger partial charge in [0.05, 0.1) is 22.8 Å². The molecule has 0 saturated carbocycles. The average molecular weight is 251 g/mol. The molecule has 0 radical (unpaired) electrons. The molecule has 0 spiro atoms. The van der Waals surface area contributed by atoms with Crippen LogP contribution in [0, 0.1) is 6.92 Å². The summed E-state index contributed by atoms with van der Waals surface area (Å²) in [4.78, 5) is 19.7. The monoisotopic (exact) mass is 250 g/mol. The lowest BCUT2D eigenvalue weighted by molar-refractivity contribution is 0.0980. The standard InChI is InChI=1S/C11H11ClN4O/c1-7-10(12)8(16(2)15-7)6-9(17)11-13-4-3-5-14-11/h3-5H,6H2,1-2H3. The van der Waals surface area contributed by atoms with Crippen LogP contribution in [0.25, 0.3) is 0 Å². The van der Waals surface area contributed by atoms with Crippen LogP contribution in [0.15, 0.2) is 18.5 Å². The van der Waals surface area contributed by atoms with Crippen molar-refractivity contribution in [1.29, 1.82) is 0 Å². The minimum atomic E-state index is -0.171. The Kier molecular flexibility index (Phi) is 3.19. The molecule has 0 aromatic carbocycles. The molecule has 0 aliphatic carbocycles. The van der Waals surface area contributed by atoms with Crippen LogP contribution in [-0.2, 0) is 13.5 Å². The zero-order valence-corrected chi connectivity index (χ0v) is 10.3. The van der Waals surface area contributed by atoms with Gasteiger partial charge in [-0.25, -0.2) is 9.97 Å². The highest BCUT2D eigenvalue weighted by Gasteiger charge is 2.17. The van der Waals surface area contributed by atoms with Crippen molar-refractivity contribution in [3.05, 3.63) is 40.7 Å². The molecule has 0 aliphatic heterocycles. The predicted molar refractivity (Wildman–Crippen MR) is 63.0 cm³/mol. The van der Waals surface area contributed by atoms with E-state index in [1.807, 2.05) is 0 Å². The molecule has 0 fully saturated rings. The third-order valence-corrected chi connectivity index (χ3v) is 2.90. The molecule has 0 N–H and O–H groups in total. The van der Waals surface area contributed by atoms with Crippen molar-refractivity contribution in [3.8, 4) is 0 Å². The lowest BCUT2D eigenvalue weighted by atomic mass is 10.2. The number of ketones is 1. The molecule has 2 heterocycles. The summed E-state index contributed by atoms with van der Waals surface area (Å²) in [5.74, 6) is 0.0259. The second-order valence-electron chi connectivity index (χ2n) is 3.64. The van der Waals surface area contributed by atoms with Gasteiger partial charge in [-0.15, -0.1) is 0 Å². The Balaban J connectivity index is 2.25. The van der Waals surface area contributed by atoms with E-state index < -0.39 is 0 Å². The van der Waals surface area contributed by atoms with Crippen molar-refractivity contribution < 1.29 is 4.79 Å². The molecule has 0 saturated heterocycles. The van der Waals surface area contributed by atoms with Gasteiger partial charge in [-0.1, -0.05) is 11.6 Å². The molecule has 17 heavy (non-hydrogen) atoms. The van der Waals surface area contributed by atoms with Crippen LogP contribution < -0.4 is 0 Å². The van der Waals surface area contributed by atoms with Crippen LogP contribution in [0.5, 0.6) is 0 Å². The molecule has 0 aliphatic rings. The molecule has 2 aromatic heterocycles. The van der Waals surface area contributed by atoms with Gasteiger partial charge in [-0.2, -0.15) is 5.10 Å². The molecule has 0 atom stereocenters. The van der Waals surface area contributed by atoms with Gasteiger partial charge < -0.3 is 0 Å². The maximum atomic E-state index is 11.9. The molecule has 0 unspecified atom stereocenters. The Morgan fingerprint density at radius 1 is 1.41 bits per heavy atom. The Morgan fingerprint density at radius 3 is 2.59 bits per heavy atom. The summed E-state index contributed by atoms with van der Waals surface area (Å²) in [5.41, 5.74) is 1.40. The van der Waals surface area contributed by atoms with Gasteiger partial charge in [-0.05, 0) is 13.0 Å². The minimum absolute atomic E-state index is 0.153. The summed E-state index contributed by atoms with van der Waals surface area (Å²) in [6, 6.07) is 1.66. The number of Topliss-reactive ketones (excluding diaryl/α,β-unsaturated/α-hetero) is 1. The Morgan fingerprint density at radius 2 is 2.06 bits per heavy atom. The number of aryl methyl sites for hydroxylation is 2. The van der Waals surface area contributed by atoms with Crippen molar-refractivity contribution in [1.82, 2.24) is 19.7 Å². The summed E-state index contributed by atoms with van der Waals surface area (Å²) in [6.45, 7) is 1.80. The largest absolute Gasteiger partial charge is 0.290 e. The van der Waals surface area contributed by atoms with Crippen molar-refractivity contribution in [2.75, 3.05) is 0 Å². The first-order chi connectivity index (χ1) is 8.09. The summed E-state index contributed by atoms with van der Waals surface area (Å²) in [5, 5.41) is 4.67. The number of aromatic nitrogens is 4. The minimum Gasteiger partial charge on any atom is -0.290 e. The van der Waals surface area contributed by atoms with E-state index in [2.05, 4.69) is 15.1 Å². The molecule has 0 bridgehead atoms. The van der Waals surface area contributed by atoms with Crippen LogP contribution in [0.4, 0.5) is 0 Å². The predicted octanol–water partition coefficient (Wildman–Crippen LogP) is 1.60. The first-order valence-corrected chi connectivity index (χ1v) is 5.45. The van der Waals surface area contributed by atoms with Crippen LogP contribution in [0.1, 0.15) is 22.0 Å². The van der Waals surface area contributed by atoms with Gasteiger partial charge in [0.2, 0.25) is 5.78 Å². The van der Waals surface area contributed by atoms with E-state index in [1.165, 1.54) is 12.4 Å². The van der Waals surface area contributed by atoms with Crippen molar-refractivity contribution in [2.24, 2.45) is 7.05 Å². The highest BCUT2D eigenvalue weighted by molar-refractivity contribution is 6.32. The number of hydrogen-bond donors (Lipinski definition) is 0. The second kappa shape index (κ2) is 4.63. The summed E-state index contributed by atoms with van der Waals surface area (Å²) in [7, 11) is 1.76. The van der Waals surface area contributed by atoms with Gasteiger partial charge in [0.25, 0.3) is 0 Å². The highest BCUT2D eigenvalue weighted by atomic mass is 35.5. The fourth-order valence-electron chi connectivity index (χ4n) is 1.55. The van der Waals surface area contributed by atoms with E-state index in [1.54, 1.807) is 24.7 Å². The Bertz CT molecular complexity index is 550. The third-order valence-electron chi connectivity index (χ3n) is 2.40. The van der Waals surface area contributed by atoms with Crippen LogP contribution in [0.3, 0.4) is 0 Å². The van der Waals surface area contributed by atoms with E-state index in [-0.39, 0.29) is 18.0 Å². The maximum absolute atomic E-state index is 11.9. The zero-order chi connectivity index (χ0) is 12.4. The van der Waals surface area contributed by atoms with Crippen LogP contribution in [0.2, 0.25) is 5.02 Å². The van der Waals surface area contributed by atoms with Crippen molar-refractivity contribution in [2.45, 2.75) is 13.3 Å². The quantitative estimate of drug-likeness (QED) is 0.777. The summed E-state index contributed by atoms with van der Waals surface area (Å²) < 4.78 is 1.61. The van der Waals surface area contributed by atoms with Crippen molar-refractivity contribution >= 4 is 17.4 Å². The van der Waals surface area contributed by atoms with Crippen LogP contribution in [-0.4, -0.2) is 25.5 Å². The summed E-state index contributed by atoms with van der Waals surface area (Å²) in [6.07, 6.45) is 3.23. The van der Waals surface area contributed by atoms with E-state index in [0.717, 1.165) is 0 Å². The smallest absolute Gasteiger partial charge is 0.206 e. The first-order valence-electron chi connectivity index (χ1n) is 5.07. The van der Waals surface area contributed by atoms with E-state index in [4.69, 9.17) is 11.6 Å². The zero-order valence-electron chi connectivity index (χ0n) is 9.51. The van der Waals surface area contributed by atoms with Gasteiger partial charge in [0.15, 0.2) is 5.82 Å². The van der Waals surface area contributed by atoms with Crippen LogP contribution >= 0.6 is 11.6 Å². The Labute approximate surface area is 103 Å². The van der Waals surface area contributed by atoms with Gasteiger partial charge >= 0.3 is 0 Å². The van der Waals surface area contributed by atoms with Crippen molar-refractivity contribution in [3.63, 3.8) is 0 Å². The number of rotatable bonds is 3. The molecule has 0 amide bonds. The SMILES string of the molecule is Cc1nn(C)c(CC(=O)c2ncccn2)c1Cl. The first kappa shape index (κ1) is 11.7. The molecular weight excluding hydrogens is 240 g/mol. The van der Waals surface area contributed by atoms with E-state index in [0.29, 0.717) is 16.4 Å². The fraction of sp³-hybridized carbons (Fsp3) is 0.273. The van der Waals surface area contributed by atoms with E-state index >= 15 is 0 Å². The fourth-order valence-corrected chi connectivity index (χ4v) is 1.77.